The van der Waals surface area contributed by atoms with Crippen LogP contribution in [0.1, 0.15) is 5.56 Å². The summed E-state index contributed by atoms with van der Waals surface area (Å²) in [5.41, 5.74) is -0.0664. The molecule has 4 nitrogen and oxygen atoms in total. The molecule has 2 aromatic rings. The van der Waals surface area contributed by atoms with Gasteiger partial charge in [-0.1, -0.05) is 17.7 Å². The molecular weight excluding hydrogens is 393 g/mol. The number of hydrogen-bond donors (Lipinski definition) is 1. The zero-order valence-corrected chi connectivity index (χ0v) is 16.0. The molecule has 28 heavy (non-hydrogen) atoms. The minimum absolute atomic E-state index is 0.162. The Morgan fingerprint density at radius 1 is 1.04 bits per heavy atom. The van der Waals surface area contributed by atoms with Crippen LogP contribution >= 0.6 is 11.6 Å². The van der Waals surface area contributed by atoms with Gasteiger partial charge in [-0.2, -0.15) is 13.2 Å². The summed E-state index contributed by atoms with van der Waals surface area (Å²) < 4.78 is 44.2. The molecule has 1 atom stereocenters. The third-order valence-electron chi connectivity index (χ3n) is 4.64. The Kier molecular flexibility index (Phi) is 6.69. The van der Waals surface area contributed by atoms with Gasteiger partial charge < -0.3 is 14.7 Å². The van der Waals surface area contributed by atoms with Crippen molar-refractivity contribution in [1.82, 2.24) is 4.90 Å². The van der Waals surface area contributed by atoms with E-state index in [1.807, 2.05) is 4.90 Å². The van der Waals surface area contributed by atoms with Crippen molar-refractivity contribution in [2.24, 2.45) is 0 Å². The number of aliphatic hydroxyl groups is 1. The topological polar surface area (TPSA) is 35.9 Å². The number of anilines is 1. The third kappa shape index (κ3) is 5.77. The van der Waals surface area contributed by atoms with Crippen molar-refractivity contribution < 1.29 is 23.0 Å². The van der Waals surface area contributed by atoms with Crippen LogP contribution in [0, 0.1) is 0 Å². The lowest BCUT2D eigenvalue weighted by atomic mass is 10.1. The smallest absolute Gasteiger partial charge is 0.416 e. The molecule has 0 aliphatic carbocycles. The van der Waals surface area contributed by atoms with Crippen LogP contribution in [0.15, 0.2) is 48.5 Å². The fourth-order valence-electron chi connectivity index (χ4n) is 3.14. The fourth-order valence-corrected chi connectivity index (χ4v) is 3.27. The van der Waals surface area contributed by atoms with E-state index in [4.69, 9.17) is 16.3 Å². The van der Waals surface area contributed by atoms with E-state index in [0.717, 1.165) is 6.07 Å². The Hall–Kier alpha value is -1.96. The average Bonchev–Trinajstić information content (AvgIpc) is 2.68. The SMILES string of the molecule is OC(COc1ccc(Cl)cc1)CN1CCN(c2cccc(C(F)(F)F)c2)CC1. The third-order valence-corrected chi connectivity index (χ3v) is 4.89. The number of rotatable bonds is 6. The molecule has 1 heterocycles. The second-order valence-corrected chi connectivity index (χ2v) is 7.19. The quantitative estimate of drug-likeness (QED) is 0.777. The maximum absolute atomic E-state index is 12.9. The highest BCUT2D eigenvalue weighted by atomic mass is 35.5. The molecule has 152 valence electrons. The van der Waals surface area contributed by atoms with E-state index in [0.29, 0.717) is 49.2 Å². The van der Waals surface area contributed by atoms with Gasteiger partial charge in [-0.3, -0.25) is 4.90 Å². The molecular formula is C20H22ClF3N2O2. The van der Waals surface area contributed by atoms with Gasteiger partial charge in [0.25, 0.3) is 0 Å². The fraction of sp³-hybridized carbons (Fsp3) is 0.400. The summed E-state index contributed by atoms with van der Waals surface area (Å²) in [7, 11) is 0. The Labute approximate surface area is 167 Å². The van der Waals surface area contributed by atoms with E-state index in [9.17, 15) is 18.3 Å². The number of β-amino-alcohol motifs (C(OH)–C–C–N with tert-alkyl or cyclic N) is 1. The second kappa shape index (κ2) is 9.03. The zero-order valence-electron chi connectivity index (χ0n) is 15.2. The number of hydrogen-bond acceptors (Lipinski definition) is 4. The minimum atomic E-state index is -4.34. The van der Waals surface area contributed by atoms with Crippen molar-refractivity contribution in [3.05, 3.63) is 59.1 Å². The Bertz CT molecular complexity index is 763. The van der Waals surface area contributed by atoms with E-state index in [1.54, 1.807) is 30.3 Å². The molecule has 1 unspecified atom stereocenters. The summed E-state index contributed by atoms with van der Waals surface area (Å²) in [5, 5.41) is 10.8. The number of halogens is 4. The molecule has 2 aromatic carbocycles. The number of piperazine rings is 1. The molecule has 1 fully saturated rings. The highest BCUT2D eigenvalue weighted by Gasteiger charge is 2.31. The maximum Gasteiger partial charge on any atom is 0.416 e. The largest absolute Gasteiger partial charge is 0.491 e. The van der Waals surface area contributed by atoms with Crippen molar-refractivity contribution in [2.75, 3.05) is 44.2 Å². The van der Waals surface area contributed by atoms with Crippen LogP contribution in [0.4, 0.5) is 18.9 Å². The number of ether oxygens (including phenoxy) is 1. The zero-order chi connectivity index (χ0) is 20.1. The highest BCUT2D eigenvalue weighted by Crippen LogP contribution is 2.31. The maximum atomic E-state index is 12.9. The van der Waals surface area contributed by atoms with Gasteiger partial charge in [0, 0.05) is 43.4 Å². The van der Waals surface area contributed by atoms with E-state index in [-0.39, 0.29) is 6.61 Å². The van der Waals surface area contributed by atoms with Gasteiger partial charge in [0.15, 0.2) is 0 Å². The predicted octanol–water partition coefficient (Wildman–Crippen LogP) is 3.92. The van der Waals surface area contributed by atoms with Gasteiger partial charge >= 0.3 is 6.18 Å². The number of benzene rings is 2. The molecule has 0 saturated carbocycles. The lowest BCUT2D eigenvalue weighted by Crippen LogP contribution is -2.49. The molecule has 1 N–H and O–H groups in total. The average molecular weight is 415 g/mol. The first-order chi connectivity index (χ1) is 13.3. The summed E-state index contributed by atoms with van der Waals surface area (Å²) in [6, 6.07) is 12.3. The van der Waals surface area contributed by atoms with Gasteiger partial charge in [-0.15, -0.1) is 0 Å². The van der Waals surface area contributed by atoms with Crippen molar-refractivity contribution >= 4 is 17.3 Å². The molecule has 0 amide bonds. The van der Waals surface area contributed by atoms with Crippen molar-refractivity contribution in [3.63, 3.8) is 0 Å². The summed E-state index contributed by atoms with van der Waals surface area (Å²) >= 11 is 5.82. The lowest BCUT2D eigenvalue weighted by molar-refractivity contribution is -0.137. The monoisotopic (exact) mass is 414 g/mol. The first-order valence-electron chi connectivity index (χ1n) is 9.02. The van der Waals surface area contributed by atoms with Crippen LogP contribution in [-0.2, 0) is 6.18 Å². The first kappa shape index (κ1) is 20.8. The van der Waals surface area contributed by atoms with E-state index >= 15 is 0 Å². The molecule has 0 aromatic heterocycles. The number of nitrogens with zero attached hydrogens (tertiary/aromatic N) is 2. The van der Waals surface area contributed by atoms with Crippen LogP contribution in [0.5, 0.6) is 5.75 Å². The molecule has 0 spiro atoms. The molecule has 1 aliphatic heterocycles. The Morgan fingerprint density at radius 3 is 2.36 bits per heavy atom. The van der Waals surface area contributed by atoms with Gasteiger partial charge in [0.05, 0.1) is 5.56 Å². The van der Waals surface area contributed by atoms with Crippen molar-refractivity contribution in [3.8, 4) is 5.75 Å². The van der Waals surface area contributed by atoms with Crippen LogP contribution in [0.2, 0.25) is 5.02 Å². The number of aliphatic hydroxyl groups excluding tert-OH is 1. The van der Waals surface area contributed by atoms with Gasteiger partial charge in [0.1, 0.15) is 18.5 Å². The van der Waals surface area contributed by atoms with Crippen molar-refractivity contribution in [2.45, 2.75) is 12.3 Å². The summed E-state index contributed by atoms with van der Waals surface area (Å²) in [5.74, 6) is 0.637. The summed E-state index contributed by atoms with van der Waals surface area (Å²) in [6.07, 6.45) is -5.00. The van der Waals surface area contributed by atoms with E-state index in [2.05, 4.69) is 4.90 Å². The van der Waals surface area contributed by atoms with Gasteiger partial charge in [-0.25, -0.2) is 0 Å². The molecule has 1 aliphatic rings. The van der Waals surface area contributed by atoms with E-state index < -0.39 is 17.8 Å². The normalized spacial score (nSPS) is 16.8. The first-order valence-corrected chi connectivity index (χ1v) is 9.40. The molecule has 0 bridgehead atoms. The highest BCUT2D eigenvalue weighted by molar-refractivity contribution is 6.30. The predicted molar refractivity (Wildman–Crippen MR) is 103 cm³/mol. The summed E-state index contributed by atoms with van der Waals surface area (Å²) in [6.45, 7) is 3.14. The Balaban J connectivity index is 1.45. The van der Waals surface area contributed by atoms with Crippen molar-refractivity contribution in [1.29, 1.82) is 0 Å². The molecule has 8 heteroatoms. The lowest BCUT2D eigenvalue weighted by Gasteiger charge is -2.37. The van der Waals surface area contributed by atoms with Gasteiger partial charge in [-0.05, 0) is 42.5 Å². The minimum Gasteiger partial charge on any atom is -0.491 e. The van der Waals surface area contributed by atoms with Crippen LogP contribution in [-0.4, -0.2) is 55.4 Å². The van der Waals surface area contributed by atoms with Crippen LogP contribution in [0.25, 0.3) is 0 Å². The van der Waals surface area contributed by atoms with E-state index in [1.165, 1.54) is 12.1 Å². The summed E-state index contributed by atoms with van der Waals surface area (Å²) in [4.78, 5) is 4.02. The van der Waals surface area contributed by atoms with Gasteiger partial charge in [0.2, 0.25) is 0 Å². The van der Waals surface area contributed by atoms with Crippen LogP contribution < -0.4 is 9.64 Å². The second-order valence-electron chi connectivity index (χ2n) is 6.75. The molecule has 3 rings (SSSR count). The standard InChI is InChI=1S/C20H22ClF3N2O2/c21-16-4-6-19(7-5-16)28-14-18(27)13-25-8-10-26(11-9-25)17-3-1-2-15(12-17)20(22,23)24/h1-7,12,18,27H,8-11,13-14H2. The number of alkyl halides is 3. The molecule has 0 radical (unpaired) electrons. The van der Waals surface area contributed by atoms with Crippen LogP contribution in [0.3, 0.4) is 0 Å². The molecule has 1 saturated heterocycles. The Morgan fingerprint density at radius 2 is 1.71 bits per heavy atom.